The Kier molecular flexibility index (Phi) is 3.98. The topological polar surface area (TPSA) is 78.2 Å². The lowest BCUT2D eigenvalue weighted by atomic mass is 10.2. The molecule has 90 valence electrons. The van der Waals surface area contributed by atoms with Crippen molar-refractivity contribution in [3.05, 3.63) is 46.3 Å². The van der Waals surface area contributed by atoms with E-state index in [1.807, 2.05) is 30.3 Å². The van der Waals surface area contributed by atoms with Crippen LogP contribution in [0.25, 0.3) is 10.4 Å². The maximum atomic E-state index is 9.53. The van der Waals surface area contributed by atoms with Crippen LogP contribution in [-0.4, -0.2) is 23.4 Å². The summed E-state index contributed by atoms with van der Waals surface area (Å²) in [5.41, 5.74) is 9.51. The smallest absolute Gasteiger partial charge is 0.0720 e. The summed E-state index contributed by atoms with van der Waals surface area (Å²) >= 11 is 0. The van der Waals surface area contributed by atoms with Crippen LogP contribution in [0.2, 0.25) is 0 Å². The number of rotatable bonds is 4. The average Bonchev–Trinajstić information content (AvgIpc) is 2.69. The van der Waals surface area contributed by atoms with Gasteiger partial charge >= 0.3 is 0 Å². The minimum atomic E-state index is -0.425. The molecule has 0 bridgehead atoms. The molecule has 3 atom stereocenters. The lowest BCUT2D eigenvalue weighted by Gasteiger charge is -2.15. The van der Waals surface area contributed by atoms with Crippen LogP contribution in [0.5, 0.6) is 0 Å². The third-order valence-electron chi connectivity index (χ3n) is 2.95. The third kappa shape index (κ3) is 3.20. The summed E-state index contributed by atoms with van der Waals surface area (Å²) in [7, 11) is 0. The van der Waals surface area contributed by atoms with Crippen LogP contribution in [0.15, 0.2) is 35.4 Å². The molecule has 5 heteroatoms. The molecule has 1 aliphatic rings. The molecule has 1 N–H and O–H groups in total. The summed E-state index contributed by atoms with van der Waals surface area (Å²) in [6.07, 6.45) is 0.424. The van der Waals surface area contributed by atoms with Crippen LogP contribution in [0.4, 0.5) is 0 Å². The Morgan fingerprint density at radius 1 is 1.35 bits per heavy atom. The predicted octanol–water partition coefficient (Wildman–Crippen LogP) is 2.41. The van der Waals surface area contributed by atoms with Gasteiger partial charge in [0.15, 0.2) is 0 Å². The van der Waals surface area contributed by atoms with E-state index in [-0.39, 0.29) is 12.1 Å². The molecule has 1 aliphatic carbocycles. The van der Waals surface area contributed by atoms with Crippen molar-refractivity contribution in [1.29, 1.82) is 0 Å². The molecule has 0 aliphatic heterocycles. The lowest BCUT2D eigenvalue weighted by molar-refractivity contribution is 0.0281. The van der Waals surface area contributed by atoms with Gasteiger partial charge in [-0.05, 0) is 23.9 Å². The zero-order valence-corrected chi connectivity index (χ0v) is 9.44. The van der Waals surface area contributed by atoms with E-state index >= 15 is 0 Å². The second-order valence-electron chi connectivity index (χ2n) is 4.23. The molecule has 0 amide bonds. The summed E-state index contributed by atoms with van der Waals surface area (Å²) in [6, 6.07) is 9.56. The molecule has 0 heterocycles. The fourth-order valence-electron chi connectivity index (χ4n) is 2.10. The van der Waals surface area contributed by atoms with E-state index in [0.29, 0.717) is 19.4 Å². The molecular weight excluding hydrogens is 218 g/mol. The summed E-state index contributed by atoms with van der Waals surface area (Å²) in [5.74, 6) is 0. The van der Waals surface area contributed by atoms with Gasteiger partial charge in [-0.25, -0.2) is 0 Å². The van der Waals surface area contributed by atoms with Gasteiger partial charge in [0, 0.05) is 4.91 Å². The first-order chi connectivity index (χ1) is 8.29. The van der Waals surface area contributed by atoms with Crippen molar-refractivity contribution in [2.24, 2.45) is 5.11 Å². The second kappa shape index (κ2) is 5.68. The molecule has 1 saturated carbocycles. The van der Waals surface area contributed by atoms with Gasteiger partial charge in [-0.2, -0.15) is 0 Å². The Morgan fingerprint density at radius 2 is 2.12 bits per heavy atom. The first-order valence-corrected chi connectivity index (χ1v) is 5.67. The summed E-state index contributed by atoms with van der Waals surface area (Å²) in [4.78, 5) is 2.79. The van der Waals surface area contributed by atoms with Crippen molar-refractivity contribution in [2.45, 2.75) is 37.7 Å². The van der Waals surface area contributed by atoms with Crippen molar-refractivity contribution in [3.8, 4) is 0 Å². The van der Waals surface area contributed by atoms with Gasteiger partial charge in [-0.15, -0.1) is 0 Å². The molecule has 0 aromatic heterocycles. The van der Waals surface area contributed by atoms with Crippen molar-refractivity contribution < 1.29 is 9.84 Å². The van der Waals surface area contributed by atoms with Gasteiger partial charge in [0.1, 0.15) is 0 Å². The Balaban J connectivity index is 1.92. The van der Waals surface area contributed by atoms with Crippen LogP contribution < -0.4 is 0 Å². The Hall–Kier alpha value is -1.55. The number of hydrogen-bond donors (Lipinski definition) is 1. The number of nitrogens with zero attached hydrogens (tertiary/aromatic N) is 3. The van der Waals surface area contributed by atoms with Crippen LogP contribution >= 0.6 is 0 Å². The number of aliphatic hydroxyl groups is 1. The highest BCUT2D eigenvalue weighted by Crippen LogP contribution is 2.26. The van der Waals surface area contributed by atoms with E-state index in [9.17, 15) is 5.11 Å². The van der Waals surface area contributed by atoms with E-state index < -0.39 is 6.10 Å². The minimum absolute atomic E-state index is 0.180. The zero-order chi connectivity index (χ0) is 12.1. The van der Waals surface area contributed by atoms with Crippen LogP contribution in [0.3, 0.4) is 0 Å². The molecule has 1 aromatic carbocycles. The van der Waals surface area contributed by atoms with Crippen LogP contribution in [0.1, 0.15) is 18.4 Å². The lowest BCUT2D eigenvalue weighted by Crippen LogP contribution is -2.20. The largest absolute Gasteiger partial charge is 0.393 e. The first-order valence-electron chi connectivity index (χ1n) is 5.67. The fraction of sp³-hybridized carbons (Fsp3) is 0.500. The van der Waals surface area contributed by atoms with Gasteiger partial charge < -0.3 is 9.84 Å². The van der Waals surface area contributed by atoms with Gasteiger partial charge in [0.2, 0.25) is 0 Å². The first kappa shape index (κ1) is 11.9. The van der Waals surface area contributed by atoms with Crippen molar-refractivity contribution in [3.63, 3.8) is 0 Å². The number of hydrogen-bond acceptors (Lipinski definition) is 3. The van der Waals surface area contributed by atoms with E-state index in [4.69, 9.17) is 10.3 Å². The third-order valence-corrected chi connectivity index (χ3v) is 2.95. The van der Waals surface area contributed by atoms with Gasteiger partial charge in [0.25, 0.3) is 0 Å². The van der Waals surface area contributed by atoms with Gasteiger partial charge in [-0.1, -0.05) is 35.4 Å². The van der Waals surface area contributed by atoms with E-state index in [1.54, 1.807) is 0 Å². The van der Waals surface area contributed by atoms with Crippen molar-refractivity contribution in [1.82, 2.24) is 0 Å². The number of ether oxygens (including phenoxy) is 1. The van der Waals surface area contributed by atoms with E-state index in [0.717, 1.165) is 5.56 Å². The monoisotopic (exact) mass is 233 g/mol. The fourth-order valence-corrected chi connectivity index (χ4v) is 2.10. The van der Waals surface area contributed by atoms with Crippen LogP contribution in [0, 0.1) is 0 Å². The normalized spacial score (nSPS) is 27.7. The Bertz CT molecular complexity index is 403. The highest BCUT2D eigenvalue weighted by molar-refractivity contribution is 5.13. The molecule has 5 nitrogen and oxygen atoms in total. The number of benzene rings is 1. The van der Waals surface area contributed by atoms with Crippen molar-refractivity contribution >= 4 is 0 Å². The SMILES string of the molecule is [N-]=[N+]=N[C@H]1C[C@H](O)C[C@@H]1OCc1ccccc1. The standard InChI is InChI=1S/C12H15N3O2/c13-15-14-11-6-10(16)7-12(11)17-8-9-4-2-1-3-5-9/h1-5,10-12,16H,6-8H2/t10-,11-,12-/m0/s1. The predicted molar refractivity (Wildman–Crippen MR) is 63.2 cm³/mol. The number of aliphatic hydroxyl groups excluding tert-OH is 1. The van der Waals surface area contributed by atoms with Crippen LogP contribution in [-0.2, 0) is 11.3 Å². The molecule has 1 fully saturated rings. The van der Waals surface area contributed by atoms with Crippen molar-refractivity contribution in [2.75, 3.05) is 0 Å². The Morgan fingerprint density at radius 3 is 2.82 bits per heavy atom. The zero-order valence-electron chi connectivity index (χ0n) is 9.44. The van der Waals surface area contributed by atoms with E-state index in [2.05, 4.69) is 10.0 Å². The van der Waals surface area contributed by atoms with E-state index in [1.165, 1.54) is 0 Å². The average molecular weight is 233 g/mol. The van der Waals surface area contributed by atoms with Gasteiger partial charge in [-0.3, -0.25) is 0 Å². The minimum Gasteiger partial charge on any atom is -0.393 e. The second-order valence-corrected chi connectivity index (χ2v) is 4.23. The molecule has 1 aromatic rings. The Labute approximate surface area is 99.7 Å². The molecule has 0 unspecified atom stereocenters. The molecule has 0 saturated heterocycles. The molecule has 0 radical (unpaired) electrons. The quantitative estimate of drug-likeness (QED) is 0.492. The summed E-state index contributed by atoms with van der Waals surface area (Å²) in [5, 5.41) is 13.2. The highest BCUT2D eigenvalue weighted by Gasteiger charge is 2.33. The molecular formula is C12H15N3O2. The molecule has 0 spiro atoms. The molecule has 17 heavy (non-hydrogen) atoms. The maximum Gasteiger partial charge on any atom is 0.0720 e. The number of azide groups is 1. The summed E-state index contributed by atoms with van der Waals surface area (Å²) in [6.45, 7) is 0.482. The molecule has 2 rings (SSSR count). The summed E-state index contributed by atoms with van der Waals surface area (Å²) < 4.78 is 5.70. The van der Waals surface area contributed by atoms with Gasteiger partial charge in [0.05, 0.1) is 24.9 Å². The maximum absolute atomic E-state index is 9.53. The highest BCUT2D eigenvalue weighted by atomic mass is 16.5.